The first-order valence-corrected chi connectivity index (χ1v) is 10.2. The molecule has 0 aliphatic carbocycles. The number of hydrogen-bond donors (Lipinski definition) is 3. The summed E-state index contributed by atoms with van der Waals surface area (Å²) in [5.74, 6) is 1.27. The molecule has 1 amide bonds. The monoisotopic (exact) mass is 425 g/mol. The first-order valence-electron chi connectivity index (χ1n) is 9.34. The molecule has 8 nitrogen and oxygen atoms in total. The van der Waals surface area contributed by atoms with Gasteiger partial charge >= 0.3 is 0 Å². The number of nitrogens with one attached hydrogen (secondary N) is 2. The quantitative estimate of drug-likeness (QED) is 0.340. The lowest BCUT2D eigenvalue weighted by Crippen LogP contribution is -2.28. The van der Waals surface area contributed by atoms with E-state index in [1.54, 1.807) is 23.7 Å². The van der Waals surface area contributed by atoms with Crippen LogP contribution in [0.3, 0.4) is 0 Å². The van der Waals surface area contributed by atoms with Gasteiger partial charge in [0.25, 0.3) is 5.91 Å². The Morgan fingerprint density at radius 1 is 1.20 bits per heavy atom. The van der Waals surface area contributed by atoms with Crippen molar-refractivity contribution in [2.24, 2.45) is 5.10 Å². The highest BCUT2D eigenvalue weighted by Gasteiger charge is 2.09. The van der Waals surface area contributed by atoms with Crippen LogP contribution in [0.1, 0.15) is 18.1 Å². The number of thiazole rings is 1. The summed E-state index contributed by atoms with van der Waals surface area (Å²) in [6.45, 7) is 2.70. The summed E-state index contributed by atoms with van der Waals surface area (Å²) in [5, 5.41) is 9.31. The molecular formula is C21H23N5O3S. The standard InChI is InChI=1S/C21H23N5O3S/c1-2-28-18-10-16(12-24-26-21-25-19(22)14-30-21)8-9-17(18)29-13-20(27)23-11-15-6-4-3-5-7-15/h3-10,12,14H,2,11,13,22H2,1H3,(H,23,27)(H,25,26). The lowest BCUT2D eigenvalue weighted by atomic mass is 10.2. The normalized spacial score (nSPS) is 10.7. The number of rotatable bonds is 10. The van der Waals surface area contributed by atoms with E-state index >= 15 is 0 Å². The van der Waals surface area contributed by atoms with E-state index in [1.807, 2.05) is 43.3 Å². The Hall–Kier alpha value is -3.59. The lowest BCUT2D eigenvalue weighted by Gasteiger charge is -2.12. The Bertz CT molecular complexity index is 991. The van der Waals surface area contributed by atoms with Gasteiger partial charge in [0.05, 0.1) is 12.8 Å². The Morgan fingerprint density at radius 2 is 2.03 bits per heavy atom. The molecule has 2 aromatic carbocycles. The number of hydrogen-bond acceptors (Lipinski definition) is 8. The van der Waals surface area contributed by atoms with Crippen LogP contribution in [-0.2, 0) is 11.3 Å². The van der Waals surface area contributed by atoms with Crippen LogP contribution in [0.2, 0.25) is 0 Å². The fraction of sp³-hybridized carbons (Fsp3) is 0.190. The predicted molar refractivity (Wildman–Crippen MR) is 119 cm³/mol. The maximum Gasteiger partial charge on any atom is 0.258 e. The van der Waals surface area contributed by atoms with Gasteiger partial charge in [-0.1, -0.05) is 30.3 Å². The minimum atomic E-state index is -0.209. The molecule has 0 atom stereocenters. The number of benzene rings is 2. The van der Waals surface area contributed by atoms with Crippen LogP contribution < -0.4 is 25.9 Å². The number of hydrazone groups is 1. The first-order chi connectivity index (χ1) is 14.6. The lowest BCUT2D eigenvalue weighted by molar-refractivity contribution is -0.123. The van der Waals surface area contributed by atoms with Crippen molar-refractivity contribution in [3.63, 3.8) is 0 Å². The highest BCUT2D eigenvalue weighted by atomic mass is 32.1. The topological polar surface area (TPSA) is 111 Å². The van der Waals surface area contributed by atoms with Crippen molar-refractivity contribution in [2.45, 2.75) is 13.5 Å². The van der Waals surface area contributed by atoms with Crippen LogP contribution in [0, 0.1) is 0 Å². The molecule has 0 fully saturated rings. The molecule has 0 saturated heterocycles. The minimum absolute atomic E-state index is 0.104. The van der Waals surface area contributed by atoms with Crippen molar-refractivity contribution < 1.29 is 14.3 Å². The number of nitrogens with zero attached hydrogens (tertiary/aromatic N) is 2. The summed E-state index contributed by atoms with van der Waals surface area (Å²) >= 11 is 1.37. The number of amides is 1. The molecule has 0 aliphatic rings. The van der Waals surface area contributed by atoms with Gasteiger partial charge in [-0.25, -0.2) is 4.98 Å². The largest absolute Gasteiger partial charge is 0.490 e. The number of carbonyl (C=O) groups is 1. The molecule has 0 aliphatic heterocycles. The van der Waals surface area contributed by atoms with Gasteiger partial charge in [0.15, 0.2) is 18.1 Å². The second-order valence-corrected chi connectivity index (χ2v) is 7.00. The van der Waals surface area contributed by atoms with Gasteiger partial charge < -0.3 is 20.5 Å². The molecule has 9 heteroatoms. The van der Waals surface area contributed by atoms with Crippen LogP contribution in [-0.4, -0.2) is 30.3 Å². The zero-order valence-corrected chi connectivity index (χ0v) is 17.3. The number of aromatic nitrogens is 1. The molecule has 1 aromatic heterocycles. The maximum absolute atomic E-state index is 12.1. The first kappa shape index (κ1) is 21.1. The van der Waals surface area contributed by atoms with Gasteiger partial charge in [-0.2, -0.15) is 5.10 Å². The molecule has 0 unspecified atom stereocenters. The molecule has 30 heavy (non-hydrogen) atoms. The Balaban J connectivity index is 1.55. The maximum atomic E-state index is 12.1. The number of nitrogens with two attached hydrogens (primary N) is 1. The third kappa shape index (κ3) is 6.49. The van der Waals surface area contributed by atoms with Gasteiger partial charge in [0, 0.05) is 11.9 Å². The van der Waals surface area contributed by atoms with Gasteiger partial charge in [-0.15, -0.1) is 11.3 Å². The van der Waals surface area contributed by atoms with Gasteiger partial charge in [-0.3, -0.25) is 10.2 Å². The van der Waals surface area contributed by atoms with E-state index in [1.165, 1.54) is 11.3 Å². The average molecular weight is 426 g/mol. The Labute approximate surface area is 178 Å². The summed E-state index contributed by atoms with van der Waals surface area (Å²) in [5.41, 5.74) is 10.2. The highest BCUT2D eigenvalue weighted by Crippen LogP contribution is 2.28. The molecule has 0 spiro atoms. The van der Waals surface area contributed by atoms with Crippen LogP contribution in [0.4, 0.5) is 10.9 Å². The fourth-order valence-electron chi connectivity index (χ4n) is 2.48. The van der Waals surface area contributed by atoms with Crippen molar-refractivity contribution in [2.75, 3.05) is 24.4 Å². The van der Waals surface area contributed by atoms with E-state index in [2.05, 4.69) is 20.8 Å². The third-order valence-corrected chi connectivity index (χ3v) is 4.62. The van der Waals surface area contributed by atoms with Gasteiger partial charge in [-0.05, 0) is 36.2 Å². The van der Waals surface area contributed by atoms with Crippen LogP contribution in [0.25, 0.3) is 0 Å². The van der Waals surface area contributed by atoms with Gasteiger partial charge in [0.2, 0.25) is 5.13 Å². The van der Waals surface area contributed by atoms with E-state index in [4.69, 9.17) is 15.2 Å². The van der Waals surface area contributed by atoms with E-state index in [-0.39, 0.29) is 12.5 Å². The van der Waals surface area contributed by atoms with E-state index in [0.717, 1.165) is 11.1 Å². The van der Waals surface area contributed by atoms with Gasteiger partial charge in [0.1, 0.15) is 5.82 Å². The Morgan fingerprint density at radius 3 is 2.77 bits per heavy atom. The van der Waals surface area contributed by atoms with Crippen molar-refractivity contribution in [3.8, 4) is 11.5 Å². The average Bonchev–Trinajstić information content (AvgIpc) is 3.17. The zero-order chi connectivity index (χ0) is 21.2. The molecule has 0 saturated carbocycles. The van der Waals surface area contributed by atoms with Crippen molar-refractivity contribution in [1.82, 2.24) is 10.3 Å². The fourth-order valence-corrected chi connectivity index (χ4v) is 3.03. The summed E-state index contributed by atoms with van der Waals surface area (Å²) in [6.07, 6.45) is 1.64. The molecule has 4 N–H and O–H groups in total. The summed E-state index contributed by atoms with van der Waals surface area (Å²) < 4.78 is 11.3. The smallest absolute Gasteiger partial charge is 0.258 e. The van der Waals surface area contributed by atoms with E-state index in [0.29, 0.717) is 35.6 Å². The third-order valence-electron chi connectivity index (χ3n) is 3.85. The van der Waals surface area contributed by atoms with Crippen LogP contribution >= 0.6 is 11.3 Å². The summed E-state index contributed by atoms with van der Waals surface area (Å²) in [6, 6.07) is 15.1. The number of carbonyl (C=O) groups excluding carboxylic acids is 1. The number of anilines is 2. The van der Waals surface area contributed by atoms with E-state index in [9.17, 15) is 4.79 Å². The molecule has 1 heterocycles. The van der Waals surface area contributed by atoms with Crippen molar-refractivity contribution >= 4 is 34.4 Å². The van der Waals surface area contributed by atoms with Crippen molar-refractivity contribution in [1.29, 1.82) is 0 Å². The summed E-state index contributed by atoms with van der Waals surface area (Å²) in [7, 11) is 0. The highest BCUT2D eigenvalue weighted by molar-refractivity contribution is 7.14. The second kappa shape index (κ2) is 10.8. The van der Waals surface area contributed by atoms with Crippen molar-refractivity contribution in [3.05, 3.63) is 65.0 Å². The molecule has 3 rings (SSSR count). The number of nitrogen functional groups attached to an aromatic ring is 1. The predicted octanol–water partition coefficient (Wildman–Crippen LogP) is 3.27. The summed E-state index contributed by atoms with van der Waals surface area (Å²) in [4.78, 5) is 16.2. The SMILES string of the molecule is CCOc1cc(C=NNc2nc(N)cs2)ccc1OCC(=O)NCc1ccccc1. The molecule has 0 bridgehead atoms. The molecular weight excluding hydrogens is 402 g/mol. The zero-order valence-electron chi connectivity index (χ0n) is 16.5. The minimum Gasteiger partial charge on any atom is -0.490 e. The second-order valence-electron chi connectivity index (χ2n) is 6.14. The number of ether oxygens (including phenoxy) is 2. The molecule has 3 aromatic rings. The molecule has 0 radical (unpaired) electrons. The molecule has 156 valence electrons. The van der Waals surface area contributed by atoms with E-state index < -0.39 is 0 Å². The van der Waals surface area contributed by atoms with Crippen LogP contribution in [0.5, 0.6) is 11.5 Å². The van der Waals surface area contributed by atoms with Crippen LogP contribution in [0.15, 0.2) is 59.0 Å². The Kier molecular flexibility index (Phi) is 7.62.